The molecule has 2 heterocycles. The van der Waals surface area contributed by atoms with Crippen molar-refractivity contribution in [2.45, 2.75) is 11.8 Å². The second kappa shape index (κ2) is 7.40. The first kappa shape index (κ1) is 18.5. The molecule has 0 fully saturated rings. The Morgan fingerprint density at radius 2 is 1.92 bits per heavy atom. The molecule has 0 saturated heterocycles. The van der Waals surface area contributed by atoms with Gasteiger partial charge in [-0.3, -0.25) is 5.32 Å². The van der Waals surface area contributed by atoms with Crippen LogP contribution in [0.3, 0.4) is 0 Å². The van der Waals surface area contributed by atoms with E-state index in [0.717, 1.165) is 18.4 Å². The molecule has 2 aromatic heterocycles. The van der Waals surface area contributed by atoms with E-state index in [4.69, 9.17) is 4.74 Å². The molecule has 0 aromatic carbocycles. The largest absolute Gasteiger partial charge is 0.467 e. The van der Waals surface area contributed by atoms with Crippen LogP contribution >= 0.6 is 11.3 Å². The first-order chi connectivity index (χ1) is 11.8. The Balaban J connectivity index is 2.19. The fraction of sp³-hybridized carbons (Fsp3) is 0.250. The number of sulfonamides is 1. The molecule has 0 bridgehead atoms. The van der Waals surface area contributed by atoms with Crippen LogP contribution in [0, 0.1) is 6.92 Å². The second-order valence-electron chi connectivity index (χ2n) is 4.36. The van der Waals surface area contributed by atoms with Crippen molar-refractivity contribution in [3.05, 3.63) is 22.1 Å². The topological polar surface area (TPSA) is 149 Å². The number of hydrogen-bond donors (Lipinski definition) is 2. The number of rotatable bonds is 5. The number of hydrogen-bond acceptors (Lipinski definition) is 10. The zero-order chi connectivity index (χ0) is 18.6. The van der Waals surface area contributed by atoms with Gasteiger partial charge in [-0.25, -0.2) is 22.7 Å². The van der Waals surface area contributed by atoms with E-state index in [1.807, 2.05) is 0 Å². The Kier molecular flexibility index (Phi) is 5.48. The van der Waals surface area contributed by atoms with Gasteiger partial charge >= 0.3 is 18.0 Å². The molecule has 0 spiro atoms. The third kappa shape index (κ3) is 4.39. The van der Waals surface area contributed by atoms with E-state index in [9.17, 15) is 18.0 Å². The molecular weight excluding hydrogens is 374 g/mol. The SMILES string of the molecule is COC(=O)c1sccc1S(=O)(=O)NC(=O)Nc1nc(C)nc(OC)n1. The summed E-state index contributed by atoms with van der Waals surface area (Å²) in [6.45, 7) is 1.54. The fourth-order valence-electron chi connectivity index (χ4n) is 1.66. The molecule has 134 valence electrons. The highest BCUT2D eigenvalue weighted by atomic mass is 32.2. The third-order valence-electron chi connectivity index (χ3n) is 2.65. The van der Waals surface area contributed by atoms with Crippen LogP contribution in [0.2, 0.25) is 0 Å². The summed E-state index contributed by atoms with van der Waals surface area (Å²) in [5.74, 6) is -0.764. The van der Waals surface area contributed by atoms with E-state index < -0.39 is 22.0 Å². The Hall–Kier alpha value is -2.80. The van der Waals surface area contributed by atoms with Gasteiger partial charge in [0, 0.05) is 0 Å². The number of amides is 2. The first-order valence-corrected chi connectivity index (χ1v) is 8.89. The lowest BCUT2D eigenvalue weighted by Crippen LogP contribution is -2.35. The van der Waals surface area contributed by atoms with Crippen molar-refractivity contribution in [2.24, 2.45) is 0 Å². The average Bonchev–Trinajstić information content (AvgIpc) is 3.03. The van der Waals surface area contributed by atoms with Crippen LogP contribution in [-0.4, -0.2) is 49.6 Å². The van der Waals surface area contributed by atoms with Gasteiger partial charge in [0.05, 0.1) is 14.2 Å². The van der Waals surface area contributed by atoms with E-state index in [0.29, 0.717) is 0 Å². The zero-order valence-corrected chi connectivity index (χ0v) is 14.9. The Morgan fingerprint density at radius 1 is 1.20 bits per heavy atom. The van der Waals surface area contributed by atoms with Gasteiger partial charge in [0.2, 0.25) is 5.95 Å². The number of methoxy groups -OCH3 is 2. The Bertz CT molecular complexity index is 910. The molecule has 0 atom stereocenters. The minimum absolute atomic E-state index is 0.0449. The van der Waals surface area contributed by atoms with Crippen LogP contribution in [0.4, 0.5) is 10.7 Å². The van der Waals surface area contributed by atoms with Crippen LogP contribution in [0.25, 0.3) is 0 Å². The number of carbonyl (C=O) groups is 2. The number of urea groups is 1. The molecule has 0 unspecified atom stereocenters. The van der Waals surface area contributed by atoms with Gasteiger partial charge in [0.15, 0.2) is 0 Å². The third-order valence-corrected chi connectivity index (χ3v) is 5.05. The number of aromatic nitrogens is 3. The highest BCUT2D eigenvalue weighted by Crippen LogP contribution is 2.22. The van der Waals surface area contributed by atoms with Crippen LogP contribution in [0.1, 0.15) is 15.5 Å². The zero-order valence-electron chi connectivity index (χ0n) is 13.3. The van der Waals surface area contributed by atoms with Crippen molar-refractivity contribution in [1.29, 1.82) is 0 Å². The monoisotopic (exact) mass is 387 g/mol. The summed E-state index contributed by atoms with van der Waals surface area (Å²) in [5.41, 5.74) is 0. The van der Waals surface area contributed by atoms with E-state index in [-0.39, 0.29) is 27.6 Å². The summed E-state index contributed by atoms with van der Waals surface area (Å²) >= 11 is 0.872. The fourth-order valence-corrected chi connectivity index (χ4v) is 3.90. The molecule has 2 N–H and O–H groups in total. The molecule has 0 radical (unpaired) electrons. The van der Waals surface area contributed by atoms with Crippen LogP contribution in [0.5, 0.6) is 6.01 Å². The summed E-state index contributed by atoms with van der Waals surface area (Å²) in [4.78, 5) is 34.4. The van der Waals surface area contributed by atoms with Gasteiger partial charge in [-0.1, -0.05) is 0 Å². The molecule has 13 heteroatoms. The van der Waals surface area contributed by atoms with Crippen molar-refractivity contribution in [3.63, 3.8) is 0 Å². The minimum Gasteiger partial charge on any atom is -0.467 e. The van der Waals surface area contributed by atoms with E-state index in [1.54, 1.807) is 4.72 Å². The van der Waals surface area contributed by atoms with Crippen LogP contribution in [0.15, 0.2) is 16.3 Å². The number of aryl methyl sites for hydroxylation is 1. The molecule has 0 aliphatic rings. The lowest BCUT2D eigenvalue weighted by Gasteiger charge is -2.08. The van der Waals surface area contributed by atoms with Crippen molar-refractivity contribution in [2.75, 3.05) is 19.5 Å². The maximum atomic E-state index is 12.3. The lowest BCUT2D eigenvalue weighted by molar-refractivity contribution is 0.0602. The van der Waals surface area contributed by atoms with Crippen molar-refractivity contribution in [1.82, 2.24) is 19.7 Å². The minimum atomic E-state index is -4.30. The smallest absolute Gasteiger partial charge is 0.349 e. The number of carbonyl (C=O) groups excluding carboxylic acids is 2. The molecule has 2 aromatic rings. The van der Waals surface area contributed by atoms with Gasteiger partial charge < -0.3 is 9.47 Å². The summed E-state index contributed by atoms with van der Waals surface area (Å²) in [5, 5.41) is 3.54. The summed E-state index contributed by atoms with van der Waals surface area (Å²) in [7, 11) is -1.86. The highest BCUT2D eigenvalue weighted by Gasteiger charge is 2.26. The maximum Gasteiger partial charge on any atom is 0.349 e. The summed E-state index contributed by atoms with van der Waals surface area (Å²) in [6, 6.07) is 0.0222. The van der Waals surface area contributed by atoms with E-state index >= 15 is 0 Å². The number of nitrogens with one attached hydrogen (secondary N) is 2. The van der Waals surface area contributed by atoms with Crippen molar-refractivity contribution in [3.8, 4) is 6.01 Å². The second-order valence-corrected chi connectivity index (χ2v) is 6.93. The average molecular weight is 387 g/mol. The van der Waals surface area contributed by atoms with Gasteiger partial charge in [-0.05, 0) is 18.4 Å². The van der Waals surface area contributed by atoms with Gasteiger partial charge in [0.25, 0.3) is 10.0 Å². The predicted octanol–water partition coefficient (Wildman–Crippen LogP) is 0.547. The highest BCUT2D eigenvalue weighted by molar-refractivity contribution is 7.90. The molecular formula is C12H13N5O6S2. The lowest BCUT2D eigenvalue weighted by atomic mass is 10.5. The maximum absolute atomic E-state index is 12.3. The first-order valence-electron chi connectivity index (χ1n) is 6.53. The Labute approximate surface area is 146 Å². The number of nitrogens with zero attached hydrogens (tertiary/aromatic N) is 3. The summed E-state index contributed by atoms with van der Waals surface area (Å²) < 4.78 is 35.6. The normalized spacial score (nSPS) is 10.8. The standard InChI is InChI=1S/C12H13N5O6S2/c1-6-13-10(16-12(14-6)23-3)15-11(19)17-25(20,21)7-4-5-24-8(7)9(18)22-2/h4-5H,1-3H3,(H2,13,14,15,16,17,19). The predicted molar refractivity (Wildman–Crippen MR) is 86.1 cm³/mol. The van der Waals surface area contributed by atoms with Crippen LogP contribution in [-0.2, 0) is 14.8 Å². The van der Waals surface area contributed by atoms with Gasteiger partial charge in [-0.15, -0.1) is 11.3 Å². The molecule has 25 heavy (non-hydrogen) atoms. The molecule has 2 amide bonds. The van der Waals surface area contributed by atoms with Crippen molar-refractivity contribution >= 4 is 39.3 Å². The molecule has 0 aliphatic carbocycles. The van der Waals surface area contributed by atoms with E-state index in [1.165, 1.54) is 25.5 Å². The quantitative estimate of drug-likeness (QED) is 0.701. The number of ether oxygens (including phenoxy) is 2. The van der Waals surface area contributed by atoms with Crippen molar-refractivity contribution < 1.29 is 27.5 Å². The number of esters is 1. The number of thiophene rings is 1. The van der Waals surface area contributed by atoms with Gasteiger partial charge in [-0.2, -0.15) is 15.0 Å². The molecule has 0 saturated carbocycles. The molecule has 0 aliphatic heterocycles. The summed E-state index contributed by atoms with van der Waals surface area (Å²) in [6.07, 6.45) is 0. The van der Waals surface area contributed by atoms with Gasteiger partial charge in [0.1, 0.15) is 15.6 Å². The number of anilines is 1. The molecule has 2 rings (SSSR count). The Morgan fingerprint density at radius 3 is 2.56 bits per heavy atom. The molecule has 11 nitrogen and oxygen atoms in total. The van der Waals surface area contributed by atoms with E-state index in [2.05, 4.69) is 25.0 Å². The van der Waals surface area contributed by atoms with Crippen LogP contribution < -0.4 is 14.8 Å².